The Hall–Kier alpha value is -8.61. The molecule has 0 saturated carbocycles. The average molecular weight is 919 g/mol. The van der Waals surface area contributed by atoms with Crippen LogP contribution in [0.4, 0.5) is 0 Å². The molecule has 71 heavy (non-hydrogen) atoms. The lowest BCUT2D eigenvalue weighted by atomic mass is 9.92. The summed E-state index contributed by atoms with van der Waals surface area (Å²) in [6.07, 6.45) is 37.4. The van der Waals surface area contributed by atoms with Crippen LogP contribution in [-0.2, 0) is 0 Å². The molecule has 6 nitrogen and oxygen atoms in total. The third kappa shape index (κ3) is 7.82. The predicted molar refractivity (Wildman–Crippen MR) is 298 cm³/mol. The Balaban J connectivity index is 1.12. The highest BCUT2D eigenvalue weighted by atomic mass is 15.2. The molecule has 6 heteroatoms. The van der Waals surface area contributed by atoms with E-state index in [4.69, 9.17) is 15.0 Å². The van der Waals surface area contributed by atoms with E-state index < -0.39 is 0 Å². The topological polar surface area (TPSA) is 51.8 Å². The number of fused-ring (bicyclic) bond motifs is 7. The van der Waals surface area contributed by atoms with E-state index in [0.717, 1.165) is 105 Å². The van der Waals surface area contributed by atoms with Crippen molar-refractivity contribution in [1.82, 2.24) is 29.0 Å². The van der Waals surface area contributed by atoms with Gasteiger partial charge in [-0.3, -0.25) is 4.57 Å². The van der Waals surface area contributed by atoms with Crippen molar-refractivity contribution in [3.8, 4) is 17.3 Å². The number of para-hydroxylation sites is 2. The van der Waals surface area contributed by atoms with Crippen molar-refractivity contribution in [1.29, 1.82) is 0 Å². The minimum absolute atomic E-state index is 0.532. The SMILES string of the molecule is C=C/C(=C1/C/C=C\C=C/C(=C)N(C2=CC=CCC2)/C1=C/C)c1nc(-c2ccccc2)nc(-n2c3ccccc3c3ccc4c5ccccc5n(C5=CCCC(c6cccc(C7=CCCC=C7)c6)=C5)c4c32)n1. The molecule has 4 heterocycles. The molecule has 0 N–H and O–H groups in total. The van der Waals surface area contributed by atoms with Crippen LogP contribution in [0.25, 0.3) is 83.4 Å². The standard InChI is InChI=1S/C65H54N6/c1-4-52(53-35-17-6-10-24-44(3)69(58(53)5-2)50-32-15-9-16-33-50)64-66-63(46-27-13-8-14-28-46)67-65(68-64)71-60-39-21-19-37-55(60)57-41-40-56-54-36-18-20-38-59(54)70(61(56)62(57)71)51-34-23-31-49(43-51)48-30-22-29-47(42-48)45-25-11-7-12-26-45/h4-6,8-11,13-15,17-22,24-30,32,34,36-43H,1,3,7,12,16,23,31,33,35H2,2H3/b17-6-,24-10-,53-52+,58-5+. The number of hydrogen-bond acceptors (Lipinski definition) is 4. The van der Waals surface area contributed by atoms with Crippen molar-refractivity contribution >= 4 is 66.0 Å². The first-order valence-corrected chi connectivity index (χ1v) is 24.9. The van der Waals surface area contributed by atoms with Gasteiger partial charge in [-0.15, -0.1) is 0 Å². The van der Waals surface area contributed by atoms with Crippen LogP contribution >= 0.6 is 0 Å². The highest BCUT2D eigenvalue weighted by Gasteiger charge is 2.27. The van der Waals surface area contributed by atoms with Gasteiger partial charge in [0.2, 0.25) is 5.95 Å². The number of benzene rings is 5. The van der Waals surface area contributed by atoms with E-state index in [2.05, 4.69) is 210 Å². The summed E-state index contributed by atoms with van der Waals surface area (Å²) in [5.74, 6) is 1.66. The fraction of sp³-hybridized carbons (Fsp3) is 0.123. The van der Waals surface area contributed by atoms with E-state index in [1.807, 2.05) is 24.3 Å². The second kappa shape index (κ2) is 18.7. The van der Waals surface area contributed by atoms with Crippen LogP contribution in [0.1, 0.15) is 68.8 Å². The van der Waals surface area contributed by atoms with Crippen LogP contribution in [0.5, 0.6) is 0 Å². The van der Waals surface area contributed by atoms with Gasteiger partial charge in [-0.1, -0.05) is 177 Å². The fourth-order valence-corrected chi connectivity index (χ4v) is 11.0. The average Bonchev–Trinajstić information content (AvgIpc) is 3.98. The number of nitrogens with zero attached hydrogens (tertiary/aromatic N) is 6. The van der Waals surface area contributed by atoms with Gasteiger partial charge in [0.1, 0.15) is 0 Å². The number of allylic oxidation sites excluding steroid dienone is 20. The van der Waals surface area contributed by atoms with Crippen molar-refractivity contribution < 1.29 is 0 Å². The van der Waals surface area contributed by atoms with Crippen LogP contribution in [0.3, 0.4) is 0 Å². The molecule has 3 aromatic heterocycles. The largest absolute Gasteiger partial charge is 0.315 e. The summed E-state index contributed by atoms with van der Waals surface area (Å²) in [7, 11) is 0. The molecule has 4 aliphatic rings. The van der Waals surface area contributed by atoms with Gasteiger partial charge in [-0.05, 0) is 116 Å². The summed E-state index contributed by atoms with van der Waals surface area (Å²) in [4.78, 5) is 18.7. The minimum atomic E-state index is 0.532. The van der Waals surface area contributed by atoms with Crippen LogP contribution in [0.15, 0.2) is 236 Å². The number of aromatic nitrogens is 5. The monoisotopic (exact) mass is 918 g/mol. The van der Waals surface area contributed by atoms with Gasteiger partial charge < -0.3 is 9.47 Å². The molecule has 0 radical (unpaired) electrons. The quantitative estimate of drug-likeness (QED) is 0.152. The highest BCUT2D eigenvalue weighted by Crippen LogP contribution is 2.44. The molecule has 0 amide bonds. The Kier molecular flexibility index (Phi) is 11.5. The second-order valence-corrected chi connectivity index (χ2v) is 18.5. The molecule has 0 saturated heterocycles. The van der Waals surface area contributed by atoms with Crippen molar-refractivity contribution in [2.75, 3.05) is 0 Å². The molecule has 5 aromatic carbocycles. The molecular formula is C65H54N6. The van der Waals surface area contributed by atoms with E-state index >= 15 is 0 Å². The van der Waals surface area contributed by atoms with Gasteiger partial charge >= 0.3 is 0 Å². The number of rotatable bonds is 8. The van der Waals surface area contributed by atoms with Crippen molar-refractivity contribution in [2.45, 2.75) is 51.9 Å². The molecule has 0 unspecified atom stereocenters. The minimum Gasteiger partial charge on any atom is -0.315 e. The van der Waals surface area contributed by atoms with E-state index in [0.29, 0.717) is 24.0 Å². The summed E-state index contributed by atoms with van der Waals surface area (Å²) in [6.45, 7) is 11.2. The van der Waals surface area contributed by atoms with Crippen LogP contribution < -0.4 is 0 Å². The zero-order valence-corrected chi connectivity index (χ0v) is 40.1. The van der Waals surface area contributed by atoms with Gasteiger partial charge in [0.05, 0.1) is 22.1 Å². The highest BCUT2D eigenvalue weighted by molar-refractivity contribution is 6.24. The van der Waals surface area contributed by atoms with E-state index in [-0.39, 0.29) is 0 Å². The first kappa shape index (κ1) is 43.7. The first-order valence-electron chi connectivity index (χ1n) is 24.9. The van der Waals surface area contributed by atoms with Crippen molar-refractivity contribution in [2.24, 2.45) is 0 Å². The Bertz CT molecular complexity index is 3830. The molecule has 0 bridgehead atoms. The summed E-state index contributed by atoms with van der Waals surface area (Å²) in [5, 5.41) is 4.60. The summed E-state index contributed by atoms with van der Waals surface area (Å²) in [5.41, 5.74) is 16.5. The Morgan fingerprint density at radius 2 is 1.37 bits per heavy atom. The summed E-state index contributed by atoms with van der Waals surface area (Å²) in [6, 6.07) is 41.4. The van der Waals surface area contributed by atoms with Crippen molar-refractivity contribution in [3.05, 3.63) is 253 Å². The van der Waals surface area contributed by atoms with Crippen LogP contribution in [-0.4, -0.2) is 29.0 Å². The number of hydrogen-bond donors (Lipinski definition) is 0. The molecule has 0 spiro atoms. The molecule has 0 fully saturated rings. The summed E-state index contributed by atoms with van der Waals surface area (Å²) >= 11 is 0. The molecule has 344 valence electrons. The second-order valence-electron chi connectivity index (χ2n) is 18.5. The van der Waals surface area contributed by atoms with Gasteiger partial charge in [-0.25, -0.2) is 4.98 Å². The Morgan fingerprint density at radius 3 is 2.11 bits per heavy atom. The molecular weight excluding hydrogens is 865 g/mol. The lowest BCUT2D eigenvalue weighted by molar-refractivity contribution is 0.521. The Morgan fingerprint density at radius 1 is 0.620 bits per heavy atom. The zero-order valence-electron chi connectivity index (χ0n) is 40.1. The lowest BCUT2D eigenvalue weighted by Gasteiger charge is -2.33. The summed E-state index contributed by atoms with van der Waals surface area (Å²) < 4.78 is 4.77. The first-order chi connectivity index (χ1) is 35.1. The van der Waals surface area contributed by atoms with E-state index in [9.17, 15) is 0 Å². The molecule has 8 aromatic rings. The lowest BCUT2D eigenvalue weighted by Crippen LogP contribution is -2.23. The van der Waals surface area contributed by atoms with Crippen LogP contribution in [0.2, 0.25) is 0 Å². The molecule has 1 aliphatic heterocycles. The van der Waals surface area contributed by atoms with E-state index in [1.165, 1.54) is 38.7 Å². The Labute approximate surface area is 415 Å². The third-order valence-electron chi connectivity index (χ3n) is 14.3. The maximum atomic E-state index is 5.58. The van der Waals surface area contributed by atoms with Gasteiger partial charge in [0.25, 0.3) is 0 Å². The van der Waals surface area contributed by atoms with Gasteiger partial charge in [0.15, 0.2) is 11.6 Å². The normalized spacial score (nSPS) is 18.5. The maximum Gasteiger partial charge on any atom is 0.238 e. The maximum absolute atomic E-state index is 5.58. The van der Waals surface area contributed by atoms with Crippen molar-refractivity contribution in [3.63, 3.8) is 0 Å². The zero-order chi connectivity index (χ0) is 47.8. The van der Waals surface area contributed by atoms with Crippen LogP contribution in [0, 0.1) is 0 Å². The third-order valence-corrected chi connectivity index (χ3v) is 14.3. The fourth-order valence-electron chi connectivity index (χ4n) is 11.0. The van der Waals surface area contributed by atoms with Gasteiger partial charge in [-0.2, -0.15) is 9.97 Å². The molecule has 12 rings (SSSR count). The molecule has 0 atom stereocenters. The predicted octanol–water partition coefficient (Wildman–Crippen LogP) is 16.6. The smallest absolute Gasteiger partial charge is 0.238 e. The molecule has 3 aliphatic carbocycles. The van der Waals surface area contributed by atoms with E-state index in [1.54, 1.807) is 0 Å². The van der Waals surface area contributed by atoms with Gasteiger partial charge in [0, 0.05) is 55.5 Å².